The third kappa shape index (κ3) is 2.73. The molecule has 1 aromatic carbocycles. The molecule has 1 N–H and O–H groups in total. The number of H-pyrrole nitrogens is 1. The smallest absolute Gasteiger partial charge is 0.122 e. The van der Waals surface area contributed by atoms with Crippen molar-refractivity contribution in [2.75, 3.05) is 7.11 Å². The van der Waals surface area contributed by atoms with E-state index in [2.05, 4.69) is 43.0 Å². The lowest BCUT2D eigenvalue weighted by Gasteiger charge is -2.36. The average Bonchev–Trinajstić information content (AvgIpc) is 3.25. The van der Waals surface area contributed by atoms with Gasteiger partial charge < -0.3 is 9.30 Å². The second-order valence-electron chi connectivity index (χ2n) is 5.77. The number of hydrogen-bond acceptors (Lipinski definition) is 4. The summed E-state index contributed by atoms with van der Waals surface area (Å²) in [5.74, 6) is 1.99. The van der Waals surface area contributed by atoms with Crippen LogP contribution in [0.3, 0.4) is 0 Å². The maximum absolute atomic E-state index is 5.27. The van der Waals surface area contributed by atoms with Gasteiger partial charge in [-0.2, -0.15) is 5.10 Å². The Labute approximate surface area is 134 Å². The van der Waals surface area contributed by atoms with E-state index < -0.39 is 0 Å². The van der Waals surface area contributed by atoms with Gasteiger partial charge in [0.2, 0.25) is 0 Å². The first-order valence-electron chi connectivity index (χ1n) is 7.70. The molecule has 1 aliphatic rings. The Morgan fingerprint density at radius 2 is 2.09 bits per heavy atom. The van der Waals surface area contributed by atoms with Crippen LogP contribution in [0.15, 0.2) is 48.9 Å². The van der Waals surface area contributed by atoms with Gasteiger partial charge in [-0.25, -0.2) is 4.98 Å². The number of aromatic amines is 1. The standard InChI is InChI=1S/C17H19N5O/c1-23-15-4-2-13(3-5-15)16-11-21-9-8-18-17(21)12-22(16)10-14-6-7-19-20-14/h2-9,16H,10-12H2,1H3,(H,19,20). The topological polar surface area (TPSA) is 59.0 Å². The molecule has 0 aliphatic carbocycles. The highest BCUT2D eigenvalue weighted by atomic mass is 16.5. The Balaban J connectivity index is 1.65. The first kappa shape index (κ1) is 14.0. The Bertz CT molecular complexity index is 763. The molecule has 0 spiro atoms. The van der Waals surface area contributed by atoms with Crippen LogP contribution in [0.2, 0.25) is 0 Å². The van der Waals surface area contributed by atoms with Crippen LogP contribution in [-0.4, -0.2) is 31.8 Å². The molecule has 1 aliphatic heterocycles. The number of imidazole rings is 1. The quantitative estimate of drug-likeness (QED) is 0.804. The Kier molecular flexibility index (Phi) is 3.59. The number of rotatable bonds is 4. The number of nitrogens with zero attached hydrogens (tertiary/aromatic N) is 4. The average molecular weight is 309 g/mol. The minimum Gasteiger partial charge on any atom is -0.497 e. The number of hydrogen-bond donors (Lipinski definition) is 1. The van der Waals surface area contributed by atoms with Crippen LogP contribution >= 0.6 is 0 Å². The highest BCUT2D eigenvalue weighted by Crippen LogP contribution is 2.31. The van der Waals surface area contributed by atoms with E-state index in [1.807, 2.05) is 24.4 Å². The van der Waals surface area contributed by atoms with Crippen molar-refractivity contribution in [3.8, 4) is 5.75 Å². The van der Waals surface area contributed by atoms with Gasteiger partial charge in [0, 0.05) is 37.4 Å². The van der Waals surface area contributed by atoms with E-state index in [0.717, 1.165) is 36.9 Å². The Morgan fingerprint density at radius 1 is 1.22 bits per heavy atom. The fourth-order valence-corrected chi connectivity index (χ4v) is 3.15. The van der Waals surface area contributed by atoms with Gasteiger partial charge in [0.25, 0.3) is 0 Å². The number of aromatic nitrogens is 4. The fourth-order valence-electron chi connectivity index (χ4n) is 3.15. The van der Waals surface area contributed by atoms with Crippen molar-refractivity contribution in [2.24, 2.45) is 0 Å². The molecule has 118 valence electrons. The summed E-state index contributed by atoms with van der Waals surface area (Å²) in [7, 11) is 1.69. The van der Waals surface area contributed by atoms with Gasteiger partial charge in [0.15, 0.2) is 0 Å². The summed E-state index contributed by atoms with van der Waals surface area (Å²) in [6.45, 7) is 2.54. The molecular weight excluding hydrogens is 290 g/mol. The maximum Gasteiger partial charge on any atom is 0.122 e. The van der Waals surface area contributed by atoms with E-state index in [1.165, 1.54) is 5.56 Å². The lowest BCUT2D eigenvalue weighted by atomic mass is 10.0. The number of fused-ring (bicyclic) bond motifs is 1. The summed E-state index contributed by atoms with van der Waals surface area (Å²) >= 11 is 0. The maximum atomic E-state index is 5.27. The minimum atomic E-state index is 0.297. The summed E-state index contributed by atoms with van der Waals surface area (Å²) in [5.41, 5.74) is 2.40. The zero-order valence-corrected chi connectivity index (χ0v) is 13.0. The van der Waals surface area contributed by atoms with E-state index in [-0.39, 0.29) is 0 Å². The third-order valence-electron chi connectivity index (χ3n) is 4.39. The molecule has 23 heavy (non-hydrogen) atoms. The predicted molar refractivity (Wildman–Crippen MR) is 85.8 cm³/mol. The van der Waals surface area contributed by atoms with Crippen LogP contribution in [0.1, 0.15) is 23.1 Å². The molecule has 4 rings (SSSR count). The van der Waals surface area contributed by atoms with Crippen molar-refractivity contribution >= 4 is 0 Å². The summed E-state index contributed by atoms with van der Waals surface area (Å²) in [6.07, 6.45) is 5.72. The highest BCUT2D eigenvalue weighted by Gasteiger charge is 2.28. The van der Waals surface area contributed by atoms with E-state index >= 15 is 0 Å². The number of benzene rings is 1. The van der Waals surface area contributed by atoms with Crippen LogP contribution in [0, 0.1) is 0 Å². The van der Waals surface area contributed by atoms with E-state index in [4.69, 9.17) is 4.74 Å². The first-order chi connectivity index (χ1) is 11.3. The number of nitrogens with one attached hydrogen (secondary N) is 1. The first-order valence-corrected chi connectivity index (χ1v) is 7.70. The van der Waals surface area contributed by atoms with Crippen LogP contribution < -0.4 is 4.74 Å². The van der Waals surface area contributed by atoms with Gasteiger partial charge >= 0.3 is 0 Å². The Morgan fingerprint density at radius 3 is 2.83 bits per heavy atom. The second kappa shape index (κ2) is 5.89. The van der Waals surface area contributed by atoms with Gasteiger partial charge in [-0.3, -0.25) is 10.00 Å². The van der Waals surface area contributed by atoms with Gasteiger partial charge in [-0.05, 0) is 23.8 Å². The molecule has 6 heteroatoms. The van der Waals surface area contributed by atoms with Crippen molar-refractivity contribution < 1.29 is 4.74 Å². The van der Waals surface area contributed by atoms with Gasteiger partial charge in [-0.15, -0.1) is 0 Å². The summed E-state index contributed by atoms with van der Waals surface area (Å²) < 4.78 is 7.50. The van der Waals surface area contributed by atoms with Crippen LogP contribution in [0.25, 0.3) is 0 Å². The van der Waals surface area contributed by atoms with Gasteiger partial charge in [0.05, 0.1) is 19.7 Å². The molecule has 0 fully saturated rings. The van der Waals surface area contributed by atoms with E-state index in [1.54, 1.807) is 13.3 Å². The largest absolute Gasteiger partial charge is 0.497 e. The van der Waals surface area contributed by atoms with E-state index in [9.17, 15) is 0 Å². The molecule has 0 saturated carbocycles. The summed E-state index contributed by atoms with van der Waals surface area (Å²) in [4.78, 5) is 6.90. The molecule has 0 bridgehead atoms. The van der Waals surface area contributed by atoms with Gasteiger partial charge in [-0.1, -0.05) is 12.1 Å². The van der Waals surface area contributed by atoms with Crippen LogP contribution in [0.4, 0.5) is 0 Å². The van der Waals surface area contributed by atoms with E-state index in [0.29, 0.717) is 6.04 Å². The van der Waals surface area contributed by atoms with Crippen molar-refractivity contribution in [3.05, 3.63) is 66.0 Å². The molecule has 1 unspecified atom stereocenters. The highest BCUT2D eigenvalue weighted by molar-refractivity contribution is 5.29. The second-order valence-corrected chi connectivity index (χ2v) is 5.77. The third-order valence-corrected chi connectivity index (χ3v) is 4.39. The number of methoxy groups -OCH3 is 1. The van der Waals surface area contributed by atoms with Crippen LogP contribution in [-0.2, 0) is 19.6 Å². The zero-order chi connectivity index (χ0) is 15.6. The monoisotopic (exact) mass is 309 g/mol. The van der Waals surface area contributed by atoms with Crippen molar-refractivity contribution in [1.29, 1.82) is 0 Å². The molecule has 3 heterocycles. The fraction of sp³-hybridized carbons (Fsp3) is 0.294. The molecule has 0 amide bonds. The van der Waals surface area contributed by atoms with Crippen molar-refractivity contribution in [2.45, 2.75) is 25.7 Å². The number of ether oxygens (including phenoxy) is 1. The van der Waals surface area contributed by atoms with Gasteiger partial charge in [0.1, 0.15) is 11.6 Å². The molecular formula is C17H19N5O. The lowest BCUT2D eigenvalue weighted by Crippen LogP contribution is -2.36. The molecule has 0 radical (unpaired) electrons. The van der Waals surface area contributed by atoms with Crippen LogP contribution in [0.5, 0.6) is 5.75 Å². The molecule has 6 nitrogen and oxygen atoms in total. The summed E-state index contributed by atoms with van der Waals surface area (Å²) in [5, 5.41) is 7.11. The Hall–Kier alpha value is -2.60. The van der Waals surface area contributed by atoms with Crippen molar-refractivity contribution in [3.63, 3.8) is 0 Å². The molecule has 0 saturated heterocycles. The minimum absolute atomic E-state index is 0.297. The summed E-state index contributed by atoms with van der Waals surface area (Å²) in [6, 6.07) is 10.6. The predicted octanol–water partition coefficient (Wildman–Crippen LogP) is 2.37. The zero-order valence-electron chi connectivity index (χ0n) is 13.0. The molecule has 1 atom stereocenters. The van der Waals surface area contributed by atoms with Crippen molar-refractivity contribution in [1.82, 2.24) is 24.6 Å². The lowest BCUT2D eigenvalue weighted by molar-refractivity contribution is 0.126. The SMILES string of the molecule is COc1ccc(C2Cn3ccnc3CN2Cc2ccn[nH]2)cc1. The molecule has 2 aromatic heterocycles. The normalized spacial score (nSPS) is 17.9. The molecule has 3 aromatic rings.